The fraction of sp³-hybridized carbons (Fsp3) is 0.533. The van der Waals surface area contributed by atoms with Gasteiger partial charge in [0, 0.05) is 24.8 Å². The largest absolute Gasteiger partial charge is 0.399 e. The molecule has 0 atom stereocenters. The van der Waals surface area contributed by atoms with Gasteiger partial charge in [-0.15, -0.1) is 0 Å². The van der Waals surface area contributed by atoms with Gasteiger partial charge in [0.25, 0.3) is 0 Å². The maximum Gasteiger partial charge on any atom is 0.112 e. The van der Waals surface area contributed by atoms with E-state index in [1.54, 1.807) is 0 Å². The zero-order valence-electron chi connectivity index (χ0n) is 11.2. The van der Waals surface area contributed by atoms with Gasteiger partial charge >= 0.3 is 0 Å². The van der Waals surface area contributed by atoms with Crippen LogP contribution in [0.15, 0.2) is 18.2 Å². The summed E-state index contributed by atoms with van der Waals surface area (Å²) in [4.78, 5) is 4.77. The van der Waals surface area contributed by atoms with Gasteiger partial charge in [0.1, 0.15) is 5.82 Å². The quantitative estimate of drug-likeness (QED) is 0.619. The first-order valence-corrected chi connectivity index (χ1v) is 7.16. The number of anilines is 1. The molecular weight excluding hydrogens is 238 g/mol. The van der Waals surface area contributed by atoms with Crippen LogP contribution in [-0.4, -0.2) is 21.3 Å². The number of hydrogen-bond donors (Lipinski definition) is 2. The van der Waals surface area contributed by atoms with E-state index in [1.807, 2.05) is 12.1 Å². The molecule has 0 spiro atoms. The SMILES string of the molecule is Nc1ccc2c(c1)nc(C1CC1)n2CCCCCO. The summed E-state index contributed by atoms with van der Waals surface area (Å²) in [5.74, 6) is 1.87. The Morgan fingerprint density at radius 3 is 2.84 bits per heavy atom. The topological polar surface area (TPSA) is 64.1 Å². The van der Waals surface area contributed by atoms with E-state index in [2.05, 4.69) is 10.6 Å². The lowest BCUT2D eigenvalue weighted by Gasteiger charge is -2.08. The number of nitrogens with two attached hydrogens (primary N) is 1. The molecule has 1 aromatic carbocycles. The molecule has 4 heteroatoms. The number of aliphatic hydroxyl groups excluding tert-OH is 1. The van der Waals surface area contributed by atoms with Gasteiger partial charge in [0.2, 0.25) is 0 Å². The van der Waals surface area contributed by atoms with Gasteiger partial charge in [-0.05, 0) is 50.3 Å². The van der Waals surface area contributed by atoms with Crippen molar-refractivity contribution >= 4 is 16.7 Å². The zero-order valence-corrected chi connectivity index (χ0v) is 11.2. The van der Waals surface area contributed by atoms with Crippen LogP contribution in [0.4, 0.5) is 5.69 Å². The van der Waals surface area contributed by atoms with E-state index in [4.69, 9.17) is 15.8 Å². The number of nitrogens with zero attached hydrogens (tertiary/aromatic N) is 2. The number of imidazole rings is 1. The molecule has 0 amide bonds. The maximum absolute atomic E-state index is 8.85. The molecule has 0 radical (unpaired) electrons. The fourth-order valence-electron chi connectivity index (χ4n) is 2.61. The number of nitrogen functional groups attached to an aromatic ring is 1. The Morgan fingerprint density at radius 2 is 2.11 bits per heavy atom. The van der Waals surface area contributed by atoms with Crippen molar-refractivity contribution in [3.63, 3.8) is 0 Å². The van der Waals surface area contributed by atoms with Crippen LogP contribution >= 0.6 is 0 Å². The second kappa shape index (κ2) is 5.21. The van der Waals surface area contributed by atoms with Crippen LogP contribution in [0.25, 0.3) is 11.0 Å². The molecule has 1 aromatic heterocycles. The second-order valence-corrected chi connectivity index (χ2v) is 5.43. The molecule has 0 bridgehead atoms. The Bertz CT molecular complexity index is 572. The van der Waals surface area contributed by atoms with Crippen molar-refractivity contribution in [1.29, 1.82) is 0 Å². The van der Waals surface area contributed by atoms with Gasteiger partial charge in [-0.25, -0.2) is 4.98 Å². The molecule has 1 aliphatic carbocycles. The Hall–Kier alpha value is -1.55. The molecule has 0 unspecified atom stereocenters. The Labute approximate surface area is 113 Å². The molecule has 19 heavy (non-hydrogen) atoms. The lowest BCUT2D eigenvalue weighted by molar-refractivity contribution is 0.282. The highest BCUT2D eigenvalue weighted by molar-refractivity contribution is 5.79. The van der Waals surface area contributed by atoms with Crippen molar-refractivity contribution in [2.45, 2.75) is 44.6 Å². The van der Waals surface area contributed by atoms with Crippen molar-refractivity contribution in [1.82, 2.24) is 9.55 Å². The van der Waals surface area contributed by atoms with E-state index < -0.39 is 0 Å². The third-order valence-corrected chi connectivity index (χ3v) is 3.78. The lowest BCUT2D eigenvalue weighted by Crippen LogP contribution is -2.03. The molecule has 0 saturated heterocycles. The molecule has 3 N–H and O–H groups in total. The van der Waals surface area contributed by atoms with Crippen molar-refractivity contribution < 1.29 is 5.11 Å². The summed E-state index contributed by atoms with van der Waals surface area (Å²) >= 11 is 0. The number of rotatable bonds is 6. The smallest absolute Gasteiger partial charge is 0.112 e. The third-order valence-electron chi connectivity index (χ3n) is 3.78. The number of hydrogen-bond acceptors (Lipinski definition) is 3. The first kappa shape index (κ1) is 12.5. The van der Waals surface area contributed by atoms with E-state index >= 15 is 0 Å². The van der Waals surface area contributed by atoms with Gasteiger partial charge in [-0.3, -0.25) is 0 Å². The van der Waals surface area contributed by atoms with Crippen molar-refractivity contribution in [2.75, 3.05) is 12.3 Å². The molecule has 102 valence electrons. The standard InChI is InChI=1S/C15H21N3O/c16-12-6-7-14-13(10-12)17-15(11-4-5-11)18(14)8-2-1-3-9-19/h6-7,10-11,19H,1-5,8-9,16H2. The summed E-state index contributed by atoms with van der Waals surface area (Å²) in [6.07, 6.45) is 5.56. The molecule has 1 saturated carbocycles. The summed E-state index contributed by atoms with van der Waals surface area (Å²) in [6, 6.07) is 5.99. The molecule has 1 fully saturated rings. The van der Waals surface area contributed by atoms with Gasteiger partial charge < -0.3 is 15.4 Å². The van der Waals surface area contributed by atoms with E-state index in [0.717, 1.165) is 37.0 Å². The third kappa shape index (κ3) is 2.59. The van der Waals surface area contributed by atoms with Gasteiger partial charge in [-0.1, -0.05) is 0 Å². The Morgan fingerprint density at radius 1 is 1.26 bits per heavy atom. The number of aromatic nitrogens is 2. The van der Waals surface area contributed by atoms with Crippen molar-refractivity contribution in [2.24, 2.45) is 0 Å². The minimum atomic E-state index is 0.288. The molecular formula is C15H21N3O. The summed E-state index contributed by atoms with van der Waals surface area (Å²) in [5.41, 5.74) is 8.83. The minimum absolute atomic E-state index is 0.288. The summed E-state index contributed by atoms with van der Waals surface area (Å²) in [7, 11) is 0. The number of unbranched alkanes of at least 4 members (excludes halogenated alkanes) is 2. The van der Waals surface area contributed by atoms with E-state index in [-0.39, 0.29) is 6.61 Å². The number of aliphatic hydroxyl groups is 1. The predicted molar refractivity (Wildman–Crippen MR) is 77.1 cm³/mol. The average molecular weight is 259 g/mol. The first-order valence-electron chi connectivity index (χ1n) is 7.16. The number of fused-ring (bicyclic) bond motifs is 1. The van der Waals surface area contributed by atoms with Gasteiger partial charge in [-0.2, -0.15) is 0 Å². The monoisotopic (exact) mass is 259 g/mol. The highest BCUT2D eigenvalue weighted by Gasteiger charge is 2.29. The molecule has 1 aliphatic rings. The highest BCUT2D eigenvalue weighted by atomic mass is 16.2. The van der Waals surface area contributed by atoms with Crippen LogP contribution in [0, 0.1) is 0 Å². The lowest BCUT2D eigenvalue weighted by atomic mass is 10.2. The predicted octanol–water partition coefficient (Wildman–Crippen LogP) is 2.66. The Kier molecular flexibility index (Phi) is 3.42. The average Bonchev–Trinajstić information content (AvgIpc) is 3.18. The second-order valence-electron chi connectivity index (χ2n) is 5.43. The number of benzene rings is 1. The molecule has 3 rings (SSSR count). The highest BCUT2D eigenvalue weighted by Crippen LogP contribution is 2.41. The fourth-order valence-corrected chi connectivity index (χ4v) is 2.61. The summed E-state index contributed by atoms with van der Waals surface area (Å²) in [6.45, 7) is 1.28. The van der Waals surface area contributed by atoms with E-state index in [1.165, 1.54) is 24.2 Å². The summed E-state index contributed by atoms with van der Waals surface area (Å²) < 4.78 is 2.35. The van der Waals surface area contributed by atoms with Crippen LogP contribution in [-0.2, 0) is 6.54 Å². The number of aryl methyl sites for hydroxylation is 1. The van der Waals surface area contributed by atoms with E-state index in [0.29, 0.717) is 5.92 Å². The van der Waals surface area contributed by atoms with Gasteiger partial charge in [0.15, 0.2) is 0 Å². The normalized spacial score (nSPS) is 15.2. The summed E-state index contributed by atoms with van der Waals surface area (Å²) in [5, 5.41) is 8.85. The Balaban J connectivity index is 1.88. The first-order chi connectivity index (χ1) is 9.29. The van der Waals surface area contributed by atoms with Crippen LogP contribution in [0.5, 0.6) is 0 Å². The maximum atomic E-state index is 8.85. The van der Waals surface area contributed by atoms with E-state index in [9.17, 15) is 0 Å². The van der Waals surface area contributed by atoms with Crippen molar-refractivity contribution in [3.05, 3.63) is 24.0 Å². The molecule has 1 heterocycles. The molecule has 2 aromatic rings. The van der Waals surface area contributed by atoms with Crippen LogP contribution < -0.4 is 5.73 Å². The van der Waals surface area contributed by atoms with Crippen LogP contribution in [0.2, 0.25) is 0 Å². The van der Waals surface area contributed by atoms with Crippen LogP contribution in [0.1, 0.15) is 43.8 Å². The molecule has 0 aliphatic heterocycles. The van der Waals surface area contributed by atoms with Gasteiger partial charge in [0.05, 0.1) is 11.0 Å². The van der Waals surface area contributed by atoms with Crippen LogP contribution in [0.3, 0.4) is 0 Å². The minimum Gasteiger partial charge on any atom is -0.399 e. The zero-order chi connectivity index (χ0) is 13.2. The molecule has 4 nitrogen and oxygen atoms in total. The van der Waals surface area contributed by atoms with Crippen molar-refractivity contribution in [3.8, 4) is 0 Å².